The minimum absolute atomic E-state index is 0.153. The lowest BCUT2D eigenvalue weighted by atomic mass is 10.2. The summed E-state index contributed by atoms with van der Waals surface area (Å²) in [6.45, 7) is -2.10. The molecule has 1 fully saturated rings. The number of alkyl halides is 3. The van der Waals surface area contributed by atoms with E-state index >= 15 is 0 Å². The van der Waals surface area contributed by atoms with Crippen LogP contribution in [0.3, 0.4) is 0 Å². The van der Waals surface area contributed by atoms with E-state index < -0.39 is 25.4 Å². The van der Waals surface area contributed by atoms with Gasteiger partial charge in [0.05, 0.1) is 12.9 Å². The summed E-state index contributed by atoms with van der Waals surface area (Å²) in [6, 6.07) is 0. The van der Waals surface area contributed by atoms with E-state index in [0.29, 0.717) is 11.2 Å². The van der Waals surface area contributed by atoms with E-state index in [4.69, 9.17) is 15.6 Å². The number of halogens is 3. The number of hydrogen-bond donors (Lipinski definition) is 2. The summed E-state index contributed by atoms with van der Waals surface area (Å²) in [7, 11) is 0. The van der Waals surface area contributed by atoms with Crippen molar-refractivity contribution in [2.75, 3.05) is 19.3 Å². The van der Waals surface area contributed by atoms with Gasteiger partial charge in [0, 0.05) is 6.42 Å². The van der Waals surface area contributed by atoms with Crippen LogP contribution in [-0.4, -0.2) is 50.4 Å². The second kappa shape index (κ2) is 6.68. The molecule has 0 aromatic carbocycles. The first-order chi connectivity index (χ1) is 10.1. The molecule has 3 heterocycles. The zero-order valence-electron chi connectivity index (χ0n) is 10.9. The molecule has 7 nitrogen and oxygen atoms in total. The van der Waals surface area contributed by atoms with Gasteiger partial charge < -0.3 is 15.6 Å². The molecule has 1 saturated heterocycles. The number of imidazole rings is 1. The Labute approximate surface area is 117 Å². The monoisotopic (exact) mass is 305 g/mol. The minimum atomic E-state index is -1.75. The lowest BCUT2D eigenvalue weighted by Gasteiger charge is -2.13. The van der Waals surface area contributed by atoms with E-state index in [1.807, 2.05) is 0 Å². The number of hydrogen-bond acceptors (Lipinski definition) is 6. The largest absolute Gasteiger partial charge is 0.394 e. The van der Waals surface area contributed by atoms with Crippen molar-refractivity contribution in [3.63, 3.8) is 0 Å². The lowest BCUT2D eigenvalue weighted by molar-refractivity contribution is -0.0323. The number of anilines is 1. The molecule has 21 heavy (non-hydrogen) atoms. The Morgan fingerprint density at radius 1 is 1.38 bits per heavy atom. The van der Waals surface area contributed by atoms with Gasteiger partial charge in [-0.15, -0.1) is 0 Å². The third-order valence-corrected chi connectivity index (χ3v) is 3.04. The average molecular weight is 305 g/mol. The first kappa shape index (κ1) is 15.4. The quantitative estimate of drug-likeness (QED) is 0.855. The van der Waals surface area contributed by atoms with E-state index in [0.717, 1.165) is 0 Å². The zero-order valence-corrected chi connectivity index (χ0v) is 10.9. The molecule has 3 N–H and O–H groups in total. The third-order valence-electron chi connectivity index (χ3n) is 3.04. The first-order valence-electron chi connectivity index (χ1n) is 6.07. The molecule has 1 aliphatic heterocycles. The lowest BCUT2D eigenvalue weighted by Crippen LogP contribution is -2.21. The fourth-order valence-corrected chi connectivity index (χ4v) is 2.10. The fourth-order valence-electron chi connectivity index (χ4n) is 2.10. The number of nitrogens with zero attached hydrogens (tertiary/aromatic N) is 4. The van der Waals surface area contributed by atoms with Crippen LogP contribution < -0.4 is 5.73 Å². The van der Waals surface area contributed by atoms with Crippen LogP contribution >= 0.6 is 0 Å². The van der Waals surface area contributed by atoms with Gasteiger partial charge in [0.25, 0.3) is 0 Å². The molecule has 2 aromatic heterocycles. The molecule has 2 aromatic rings. The zero-order chi connectivity index (χ0) is 15.4. The first-order valence-corrected chi connectivity index (χ1v) is 6.07. The Morgan fingerprint density at radius 3 is 2.71 bits per heavy atom. The van der Waals surface area contributed by atoms with Crippen LogP contribution in [0, 0.1) is 0 Å². The molecule has 0 saturated carbocycles. The van der Waals surface area contributed by atoms with Gasteiger partial charge >= 0.3 is 0 Å². The highest BCUT2D eigenvalue weighted by Gasteiger charge is 2.36. The van der Waals surface area contributed by atoms with Crippen LogP contribution in [0.5, 0.6) is 0 Å². The van der Waals surface area contributed by atoms with Crippen LogP contribution in [0.4, 0.5) is 19.0 Å². The van der Waals surface area contributed by atoms with Crippen LogP contribution in [0.2, 0.25) is 0 Å². The van der Waals surface area contributed by atoms with E-state index in [1.165, 1.54) is 12.7 Å². The summed E-state index contributed by atoms with van der Waals surface area (Å²) < 4.78 is 39.8. The Hall–Kier alpha value is -1.94. The summed E-state index contributed by atoms with van der Waals surface area (Å²) in [5.41, 5.74) is 6.63. The second-order valence-electron chi connectivity index (χ2n) is 4.25. The molecule has 0 amide bonds. The highest BCUT2D eigenvalue weighted by molar-refractivity contribution is 5.81. The highest BCUT2D eigenvalue weighted by atomic mass is 19.3. The maximum Gasteiger partial charge on any atom is 0.229 e. The smallest absolute Gasteiger partial charge is 0.229 e. The van der Waals surface area contributed by atoms with Crippen LogP contribution in [0.1, 0.15) is 12.6 Å². The average Bonchev–Trinajstić information content (AvgIpc) is 3.03. The molecule has 0 bridgehead atoms. The summed E-state index contributed by atoms with van der Waals surface area (Å²) >= 11 is 0. The fraction of sp³-hybridized carbons (Fsp3) is 0.545. The van der Waals surface area contributed by atoms with Gasteiger partial charge in [-0.25, -0.2) is 28.1 Å². The number of aromatic nitrogens is 4. The molecule has 3 rings (SSSR count). The van der Waals surface area contributed by atoms with E-state index in [1.54, 1.807) is 4.57 Å². The van der Waals surface area contributed by atoms with Gasteiger partial charge in [0.2, 0.25) is 6.93 Å². The van der Waals surface area contributed by atoms with Gasteiger partial charge in [0.15, 0.2) is 11.5 Å². The molecule has 0 radical (unpaired) electrons. The molecular weight excluding hydrogens is 291 g/mol. The summed E-state index contributed by atoms with van der Waals surface area (Å²) in [6.07, 6.45) is 0.439. The van der Waals surface area contributed by atoms with Crippen LogP contribution in [-0.2, 0) is 4.74 Å². The van der Waals surface area contributed by atoms with Crippen LogP contribution in [0.25, 0.3) is 11.2 Å². The van der Waals surface area contributed by atoms with Crippen LogP contribution in [0.15, 0.2) is 12.7 Å². The number of ether oxygens (including phenoxy) is 1. The van der Waals surface area contributed by atoms with E-state index in [-0.39, 0.29) is 18.8 Å². The van der Waals surface area contributed by atoms with Crippen molar-refractivity contribution < 1.29 is 23.0 Å². The predicted octanol–water partition coefficient (Wildman–Crippen LogP) is 0.909. The Kier molecular flexibility index (Phi) is 4.91. The molecular formula is C11H14F3N5O2. The second-order valence-corrected chi connectivity index (χ2v) is 4.25. The van der Waals surface area contributed by atoms with Crippen molar-refractivity contribution in [3.8, 4) is 0 Å². The molecule has 116 valence electrons. The van der Waals surface area contributed by atoms with Crippen molar-refractivity contribution in [1.82, 2.24) is 19.5 Å². The van der Waals surface area contributed by atoms with Gasteiger partial charge in [-0.3, -0.25) is 4.57 Å². The SMILES string of the molecule is FCF.Nc1ncnc2c1ncn2C1CC(F)C(CO)O1. The van der Waals surface area contributed by atoms with E-state index in [9.17, 15) is 13.2 Å². The molecule has 10 heteroatoms. The van der Waals surface area contributed by atoms with Crippen molar-refractivity contribution in [1.29, 1.82) is 0 Å². The van der Waals surface area contributed by atoms with Crippen molar-refractivity contribution in [2.24, 2.45) is 0 Å². The topological polar surface area (TPSA) is 99.1 Å². The predicted molar refractivity (Wildman–Crippen MR) is 67.3 cm³/mol. The number of aliphatic hydroxyl groups excluding tert-OH is 1. The Bertz CT molecular complexity index is 596. The van der Waals surface area contributed by atoms with Crippen molar-refractivity contribution in [3.05, 3.63) is 12.7 Å². The summed E-state index contributed by atoms with van der Waals surface area (Å²) in [4.78, 5) is 12.0. The Morgan fingerprint density at radius 2 is 2.10 bits per heavy atom. The number of nitrogens with two attached hydrogens (primary N) is 1. The van der Waals surface area contributed by atoms with Gasteiger partial charge in [-0.05, 0) is 0 Å². The number of fused-ring (bicyclic) bond motifs is 1. The molecule has 3 unspecified atom stereocenters. The van der Waals surface area contributed by atoms with Crippen molar-refractivity contribution in [2.45, 2.75) is 24.9 Å². The van der Waals surface area contributed by atoms with E-state index in [2.05, 4.69) is 15.0 Å². The van der Waals surface area contributed by atoms with Gasteiger partial charge in [-0.2, -0.15) is 0 Å². The van der Waals surface area contributed by atoms with Crippen molar-refractivity contribution >= 4 is 17.0 Å². The molecule has 0 spiro atoms. The normalized spacial score (nSPS) is 24.9. The van der Waals surface area contributed by atoms with Gasteiger partial charge in [0.1, 0.15) is 30.3 Å². The molecule has 1 aliphatic rings. The standard InChI is InChI=1S/C10H12FN5O2.CH2F2/c11-5-1-7(18-6(5)2-17)16-4-15-8-9(12)13-3-14-10(8)16;2-1-3/h3-7,17H,1-2H2,(H2,12,13,14);1H2. The Balaban J connectivity index is 0.000000497. The number of nitrogen functional groups attached to an aromatic ring is 1. The molecule has 0 aliphatic carbocycles. The molecule has 3 atom stereocenters. The number of rotatable bonds is 2. The summed E-state index contributed by atoms with van der Waals surface area (Å²) in [5, 5.41) is 8.97. The highest BCUT2D eigenvalue weighted by Crippen LogP contribution is 2.32. The minimum Gasteiger partial charge on any atom is -0.394 e. The van der Waals surface area contributed by atoms with Gasteiger partial charge in [-0.1, -0.05) is 0 Å². The third kappa shape index (κ3) is 3.05. The maximum atomic E-state index is 13.5. The summed E-state index contributed by atoms with van der Waals surface area (Å²) in [5.74, 6) is 0.271. The maximum absolute atomic E-state index is 13.5. The number of aliphatic hydroxyl groups is 1.